The van der Waals surface area contributed by atoms with E-state index in [2.05, 4.69) is 22.0 Å². The highest BCUT2D eigenvalue weighted by molar-refractivity contribution is 7.99. The van der Waals surface area contributed by atoms with Crippen LogP contribution in [0.15, 0.2) is 34.7 Å². The lowest BCUT2D eigenvalue weighted by atomic mass is 9.83. The highest BCUT2D eigenvalue weighted by Crippen LogP contribution is 2.32. The van der Waals surface area contributed by atoms with Crippen molar-refractivity contribution in [3.8, 4) is 0 Å². The lowest BCUT2D eigenvalue weighted by Crippen LogP contribution is -2.44. The van der Waals surface area contributed by atoms with Crippen LogP contribution in [0.5, 0.6) is 0 Å². The van der Waals surface area contributed by atoms with E-state index in [4.69, 9.17) is 0 Å². The van der Waals surface area contributed by atoms with E-state index >= 15 is 0 Å². The number of nitrogens with one attached hydrogen (secondary N) is 3. The fourth-order valence-corrected chi connectivity index (χ4v) is 4.92. The molecule has 1 aliphatic carbocycles. The Labute approximate surface area is 213 Å². The third kappa shape index (κ3) is 10.1. The fourth-order valence-electron chi connectivity index (χ4n) is 3.96. The molecule has 0 aliphatic heterocycles. The van der Waals surface area contributed by atoms with Crippen LogP contribution < -0.4 is 16.0 Å². The lowest BCUT2D eigenvalue weighted by Gasteiger charge is -2.29. The van der Waals surface area contributed by atoms with Crippen LogP contribution in [0.4, 0.5) is 5.69 Å². The number of carbonyl (C=O) groups excluding carboxylic acids is 3. The average molecular weight is 504 g/mol. The first-order chi connectivity index (χ1) is 16.1. The van der Waals surface area contributed by atoms with E-state index in [1.165, 1.54) is 18.7 Å². The van der Waals surface area contributed by atoms with Crippen LogP contribution in [0.2, 0.25) is 0 Å². The number of amides is 3. The summed E-state index contributed by atoms with van der Waals surface area (Å²) in [5.41, 5.74) is 1.25. The van der Waals surface area contributed by atoms with Gasteiger partial charge < -0.3 is 21.1 Å². The molecule has 0 saturated heterocycles. The van der Waals surface area contributed by atoms with Crippen LogP contribution in [0, 0.1) is 5.92 Å². The number of thioether (sulfide) groups is 1. The highest BCUT2D eigenvalue weighted by Gasteiger charge is 2.29. The minimum absolute atomic E-state index is 0.0120. The predicted octanol–water partition coefficient (Wildman–Crippen LogP) is 4.66. The third-order valence-corrected chi connectivity index (χ3v) is 6.52. The van der Waals surface area contributed by atoms with Crippen molar-refractivity contribution in [3.05, 3.63) is 35.4 Å². The number of benzene rings is 1. The molecule has 2 unspecified atom stereocenters. The molecule has 194 valence electrons. The number of aliphatic hydroxyl groups is 1. The number of allylic oxidation sites excluding steroid dienone is 1. The molecular weight excluding hydrogens is 462 g/mol. The van der Waals surface area contributed by atoms with Crippen molar-refractivity contribution in [2.24, 2.45) is 5.92 Å². The van der Waals surface area contributed by atoms with E-state index in [-0.39, 0.29) is 29.2 Å². The van der Waals surface area contributed by atoms with Gasteiger partial charge in [0.25, 0.3) is 5.91 Å². The molecule has 2 rings (SSSR count). The number of hydrogen-bond donors (Lipinski definition) is 4. The van der Waals surface area contributed by atoms with E-state index in [9.17, 15) is 19.5 Å². The Hall–Kier alpha value is -2.32. The Bertz CT molecular complexity index is 960. The van der Waals surface area contributed by atoms with Gasteiger partial charge in [0, 0.05) is 34.3 Å². The molecule has 3 amide bonds. The first-order valence-electron chi connectivity index (χ1n) is 12.2. The molecule has 0 aromatic heterocycles. The topological polar surface area (TPSA) is 108 Å². The average Bonchev–Trinajstić information content (AvgIpc) is 2.70. The van der Waals surface area contributed by atoms with Crippen molar-refractivity contribution < 1.29 is 19.5 Å². The Morgan fingerprint density at radius 1 is 1.09 bits per heavy atom. The molecule has 0 saturated carbocycles. The molecule has 8 heteroatoms. The van der Waals surface area contributed by atoms with Gasteiger partial charge in [0.2, 0.25) is 11.8 Å². The molecule has 0 heterocycles. The van der Waals surface area contributed by atoms with Crippen molar-refractivity contribution >= 4 is 35.2 Å². The highest BCUT2D eigenvalue weighted by atomic mass is 32.2. The van der Waals surface area contributed by atoms with E-state index < -0.39 is 11.6 Å². The van der Waals surface area contributed by atoms with Crippen LogP contribution in [0.25, 0.3) is 0 Å². The van der Waals surface area contributed by atoms with Gasteiger partial charge in [-0.25, -0.2) is 0 Å². The number of hydrogen-bond acceptors (Lipinski definition) is 5. The molecule has 1 aromatic carbocycles. The number of rotatable bonds is 8. The maximum absolute atomic E-state index is 13.0. The maximum atomic E-state index is 13.0. The molecule has 35 heavy (non-hydrogen) atoms. The van der Waals surface area contributed by atoms with Gasteiger partial charge in [-0.2, -0.15) is 0 Å². The van der Waals surface area contributed by atoms with Crippen LogP contribution in [0.1, 0.15) is 84.5 Å². The second kappa shape index (κ2) is 12.1. The molecule has 7 nitrogen and oxygen atoms in total. The second-order valence-electron chi connectivity index (χ2n) is 11.3. The zero-order valence-corrected chi connectivity index (χ0v) is 22.9. The van der Waals surface area contributed by atoms with Crippen molar-refractivity contribution in [2.75, 3.05) is 11.1 Å². The maximum Gasteiger partial charge on any atom is 0.252 e. The Kier molecular flexibility index (Phi) is 9.98. The summed E-state index contributed by atoms with van der Waals surface area (Å²) in [6.07, 6.45) is 4.51. The minimum Gasteiger partial charge on any atom is -0.392 e. The molecule has 2 atom stereocenters. The quantitative estimate of drug-likeness (QED) is 0.305. The van der Waals surface area contributed by atoms with Gasteiger partial charge in [0.05, 0.1) is 17.6 Å². The first-order valence-corrected chi connectivity index (χ1v) is 13.2. The van der Waals surface area contributed by atoms with Gasteiger partial charge in [-0.3, -0.25) is 14.4 Å². The summed E-state index contributed by atoms with van der Waals surface area (Å²) in [5.74, 6) is -0.282. The summed E-state index contributed by atoms with van der Waals surface area (Å²) in [7, 11) is 0. The summed E-state index contributed by atoms with van der Waals surface area (Å²) in [5, 5.41) is 19.6. The van der Waals surface area contributed by atoms with Gasteiger partial charge in [0.1, 0.15) is 0 Å². The molecule has 4 N–H and O–H groups in total. The summed E-state index contributed by atoms with van der Waals surface area (Å²) in [6.45, 7) is 13.0. The van der Waals surface area contributed by atoms with Gasteiger partial charge in [-0.15, -0.1) is 11.8 Å². The summed E-state index contributed by atoms with van der Waals surface area (Å²) in [4.78, 5) is 38.0. The normalized spacial score (nSPS) is 17.3. The van der Waals surface area contributed by atoms with Gasteiger partial charge in [-0.05, 0) is 85.4 Å². The van der Waals surface area contributed by atoms with E-state index in [1.54, 1.807) is 18.2 Å². The van der Waals surface area contributed by atoms with Gasteiger partial charge in [-0.1, -0.05) is 11.6 Å². The molecule has 0 spiro atoms. The number of carbonyl (C=O) groups is 3. The van der Waals surface area contributed by atoms with Crippen molar-refractivity contribution in [2.45, 2.75) is 96.2 Å². The standard InChI is InChI=1S/C27H41N3O4S/c1-17(31)28-19-12-13-23(22(15-19)25(34)30-27(5,6)7)35-16-20(32)14-18-10-8-9-11-21(18)24(33)29-26(2,3)4/h10,12-13,15,20-21,32H,8-9,11,14,16H2,1-7H3,(H,28,31)(H,29,33)(H,30,34). The number of anilines is 1. The zero-order valence-electron chi connectivity index (χ0n) is 22.1. The first kappa shape index (κ1) is 28.9. The van der Waals surface area contributed by atoms with Crippen molar-refractivity contribution in [3.63, 3.8) is 0 Å². The smallest absolute Gasteiger partial charge is 0.252 e. The van der Waals surface area contributed by atoms with E-state index in [0.29, 0.717) is 23.4 Å². The summed E-state index contributed by atoms with van der Waals surface area (Å²) >= 11 is 1.39. The van der Waals surface area contributed by atoms with Crippen molar-refractivity contribution in [1.29, 1.82) is 0 Å². The Balaban J connectivity index is 2.12. The summed E-state index contributed by atoms with van der Waals surface area (Å²) in [6, 6.07) is 5.20. The van der Waals surface area contributed by atoms with Crippen molar-refractivity contribution in [1.82, 2.24) is 10.6 Å². The Morgan fingerprint density at radius 3 is 2.34 bits per heavy atom. The molecule has 0 radical (unpaired) electrons. The lowest BCUT2D eigenvalue weighted by molar-refractivity contribution is -0.125. The molecular formula is C27H41N3O4S. The third-order valence-electron chi connectivity index (χ3n) is 5.30. The zero-order chi connectivity index (χ0) is 26.4. The van der Waals surface area contributed by atoms with Crippen LogP contribution in [-0.4, -0.2) is 45.8 Å². The van der Waals surface area contributed by atoms with E-state index in [1.807, 2.05) is 41.5 Å². The van der Waals surface area contributed by atoms with Crippen LogP contribution >= 0.6 is 11.8 Å². The molecule has 0 bridgehead atoms. The molecule has 1 aromatic rings. The fraction of sp³-hybridized carbons (Fsp3) is 0.593. The van der Waals surface area contributed by atoms with Gasteiger partial charge >= 0.3 is 0 Å². The number of aliphatic hydroxyl groups excluding tert-OH is 1. The molecule has 0 fully saturated rings. The largest absolute Gasteiger partial charge is 0.392 e. The SMILES string of the molecule is CC(=O)Nc1ccc(SCC(O)CC2=CCCCC2C(=O)NC(C)(C)C)c(C(=O)NC(C)(C)C)c1. The monoisotopic (exact) mass is 503 g/mol. The predicted molar refractivity (Wildman–Crippen MR) is 143 cm³/mol. The molecule has 1 aliphatic rings. The summed E-state index contributed by atoms with van der Waals surface area (Å²) < 4.78 is 0. The van der Waals surface area contributed by atoms with Gasteiger partial charge in [0.15, 0.2) is 0 Å². The second-order valence-corrected chi connectivity index (χ2v) is 12.3. The van der Waals surface area contributed by atoms with Crippen LogP contribution in [-0.2, 0) is 9.59 Å². The minimum atomic E-state index is -0.664. The van der Waals surface area contributed by atoms with E-state index in [0.717, 1.165) is 29.7 Å². The van der Waals surface area contributed by atoms with Crippen LogP contribution in [0.3, 0.4) is 0 Å². The Morgan fingerprint density at radius 2 is 1.74 bits per heavy atom.